The van der Waals surface area contributed by atoms with Gasteiger partial charge in [0.15, 0.2) is 11.5 Å². The van der Waals surface area contributed by atoms with Gasteiger partial charge in [-0.1, -0.05) is 12.1 Å². The lowest BCUT2D eigenvalue weighted by Gasteiger charge is -2.19. The van der Waals surface area contributed by atoms with Crippen molar-refractivity contribution in [1.82, 2.24) is 10.3 Å². The quantitative estimate of drug-likeness (QED) is 0.401. The number of nitrogens with one attached hydrogen (secondary N) is 2. The number of carbonyl (C=O) groups excluding carboxylic acids is 1. The van der Waals surface area contributed by atoms with Gasteiger partial charge >= 0.3 is 0 Å². The van der Waals surface area contributed by atoms with Gasteiger partial charge in [-0.3, -0.25) is 4.79 Å². The summed E-state index contributed by atoms with van der Waals surface area (Å²) in [7, 11) is 4.84. The summed E-state index contributed by atoms with van der Waals surface area (Å²) >= 11 is 0. The molecule has 7 heteroatoms. The van der Waals surface area contributed by atoms with E-state index in [-0.39, 0.29) is 18.2 Å². The first-order chi connectivity index (χ1) is 15.6. The number of aromatic amines is 1. The Hall–Kier alpha value is -3.87. The van der Waals surface area contributed by atoms with E-state index in [9.17, 15) is 4.79 Å². The van der Waals surface area contributed by atoms with Crippen molar-refractivity contribution in [1.29, 1.82) is 0 Å². The van der Waals surface area contributed by atoms with E-state index in [2.05, 4.69) is 10.3 Å². The largest absolute Gasteiger partial charge is 0.496 e. The molecule has 0 spiro atoms. The second-order valence-corrected chi connectivity index (χ2v) is 7.35. The monoisotopic (exact) mass is 434 g/mol. The highest BCUT2D eigenvalue weighted by atomic mass is 16.5. The van der Waals surface area contributed by atoms with Gasteiger partial charge in [-0.05, 0) is 47.5 Å². The fourth-order valence-electron chi connectivity index (χ4n) is 3.96. The third-order valence-corrected chi connectivity index (χ3v) is 5.53. The van der Waals surface area contributed by atoms with E-state index in [0.29, 0.717) is 23.8 Å². The van der Waals surface area contributed by atoms with Gasteiger partial charge in [0.05, 0.1) is 34.1 Å². The number of benzene rings is 2. The Kier molecular flexibility index (Phi) is 6.35. The maximum atomic E-state index is 12.9. The standard InChI is InChI=1S/C25H26N2O5/c1-29-21-10-9-16(12-23(21)31-3)18(13-24(28)27-14-17-6-5-11-32-17)19-15-26-20-7-4-8-22(30-2)25(19)20/h4-12,15,18,26H,13-14H2,1-3H3,(H,27,28)/t18-/m0/s1. The molecule has 0 aliphatic carbocycles. The van der Waals surface area contributed by atoms with Gasteiger partial charge in [-0.15, -0.1) is 0 Å². The first-order valence-electron chi connectivity index (χ1n) is 10.3. The highest BCUT2D eigenvalue weighted by Gasteiger charge is 2.24. The number of H-pyrrole nitrogens is 1. The van der Waals surface area contributed by atoms with Crippen LogP contribution in [-0.4, -0.2) is 32.2 Å². The molecule has 1 amide bonds. The Morgan fingerprint density at radius 2 is 1.81 bits per heavy atom. The van der Waals surface area contributed by atoms with Crippen LogP contribution in [0.4, 0.5) is 0 Å². The number of hydrogen-bond acceptors (Lipinski definition) is 5. The number of hydrogen-bond donors (Lipinski definition) is 2. The summed E-state index contributed by atoms with van der Waals surface area (Å²) in [6.07, 6.45) is 3.77. The molecule has 2 aromatic heterocycles. The maximum absolute atomic E-state index is 12.9. The van der Waals surface area contributed by atoms with E-state index < -0.39 is 0 Å². The van der Waals surface area contributed by atoms with E-state index in [4.69, 9.17) is 18.6 Å². The highest BCUT2D eigenvalue weighted by molar-refractivity contribution is 5.91. The molecule has 7 nitrogen and oxygen atoms in total. The van der Waals surface area contributed by atoms with Crippen LogP contribution in [0, 0.1) is 0 Å². The molecular weight excluding hydrogens is 408 g/mol. The van der Waals surface area contributed by atoms with Gasteiger partial charge in [0, 0.05) is 29.4 Å². The van der Waals surface area contributed by atoms with Crippen molar-refractivity contribution in [2.75, 3.05) is 21.3 Å². The molecule has 32 heavy (non-hydrogen) atoms. The van der Waals surface area contributed by atoms with Crippen LogP contribution in [0.1, 0.15) is 29.2 Å². The minimum absolute atomic E-state index is 0.0922. The van der Waals surface area contributed by atoms with Gasteiger partial charge in [0.25, 0.3) is 0 Å². The molecule has 2 aromatic carbocycles. The molecule has 0 saturated heterocycles. The Labute approximate surface area is 186 Å². The Morgan fingerprint density at radius 1 is 1.00 bits per heavy atom. The van der Waals surface area contributed by atoms with Crippen LogP contribution in [0.3, 0.4) is 0 Å². The molecule has 0 saturated carbocycles. The van der Waals surface area contributed by atoms with Crippen LogP contribution in [-0.2, 0) is 11.3 Å². The number of carbonyl (C=O) groups is 1. The third-order valence-electron chi connectivity index (χ3n) is 5.53. The number of fused-ring (bicyclic) bond motifs is 1. The number of furan rings is 1. The van der Waals surface area contributed by atoms with Crippen LogP contribution >= 0.6 is 0 Å². The summed E-state index contributed by atoms with van der Waals surface area (Å²) in [5.41, 5.74) is 2.85. The van der Waals surface area contributed by atoms with Crippen LogP contribution in [0.25, 0.3) is 10.9 Å². The second-order valence-electron chi connectivity index (χ2n) is 7.35. The third kappa shape index (κ3) is 4.27. The average molecular weight is 434 g/mol. The minimum atomic E-state index is -0.239. The first kappa shape index (κ1) is 21.4. The number of rotatable bonds is 9. The smallest absolute Gasteiger partial charge is 0.221 e. The van der Waals surface area contributed by atoms with E-state index in [1.54, 1.807) is 33.7 Å². The van der Waals surface area contributed by atoms with Crippen LogP contribution in [0.5, 0.6) is 17.2 Å². The molecule has 2 N–H and O–H groups in total. The summed E-state index contributed by atoms with van der Waals surface area (Å²) in [6, 6.07) is 15.2. The number of methoxy groups -OCH3 is 3. The van der Waals surface area contributed by atoms with Gasteiger partial charge in [0.2, 0.25) is 5.91 Å². The van der Waals surface area contributed by atoms with Crippen molar-refractivity contribution >= 4 is 16.8 Å². The van der Waals surface area contributed by atoms with Crippen molar-refractivity contribution < 1.29 is 23.4 Å². The SMILES string of the molecule is COc1ccc([C@H](CC(=O)NCc2ccco2)c2c[nH]c3cccc(OC)c23)cc1OC. The van der Waals surface area contributed by atoms with E-state index >= 15 is 0 Å². The molecule has 0 aliphatic rings. The van der Waals surface area contributed by atoms with Crippen LogP contribution in [0.15, 0.2) is 65.4 Å². The Morgan fingerprint density at radius 3 is 2.53 bits per heavy atom. The van der Waals surface area contributed by atoms with Crippen molar-refractivity contribution in [3.8, 4) is 17.2 Å². The van der Waals surface area contributed by atoms with E-state index in [1.807, 2.05) is 48.7 Å². The topological polar surface area (TPSA) is 85.7 Å². The van der Waals surface area contributed by atoms with Crippen molar-refractivity contribution in [3.05, 3.63) is 77.9 Å². The number of aromatic nitrogens is 1. The lowest BCUT2D eigenvalue weighted by Crippen LogP contribution is -2.24. The zero-order valence-electron chi connectivity index (χ0n) is 18.3. The van der Waals surface area contributed by atoms with Crippen molar-refractivity contribution in [2.24, 2.45) is 0 Å². The van der Waals surface area contributed by atoms with Crippen molar-refractivity contribution in [3.63, 3.8) is 0 Å². The summed E-state index contributed by atoms with van der Waals surface area (Å²) in [5.74, 6) is 2.36. The van der Waals surface area contributed by atoms with Gasteiger partial charge in [-0.2, -0.15) is 0 Å². The number of ether oxygens (including phenoxy) is 3. The molecule has 0 unspecified atom stereocenters. The fourth-order valence-corrected chi connectivity index (χ4v) is 3.96. The summed E-state index contributed by atoms with van der Waals surface area (Å²) < 4.78 is 21.8. The number of amides is 1. The highest BCUT2D eigenvalue weighted by Crippen LogP contribution is 2.40. The molecule has 2 heterocycles. The predicted molar refractivity (Wildman–Crippen MR) is 121 cm³/mol. The molecule has 0 radical (unpaired) electrons. The average Bonchev–Trinajstić information content (AvgIpc) is 3.50. The van der Waals surface area contributed by atoms with Gasteiger partial charge in [-0.25, -0.2) is 0 Å². The first-order valence-corrected chi connectivity index (χ1v) is 10.3. The van der Waals surface area contributed by atoms with Gasteiger partial charge < -0.3 is 28.9 Å². The molecule has 4 aromatic rings. The Bertz CT molecular complexity index is 1200. The lowest BCUT2D eigenvalue weighted by molar-refractivity contribution is -0.121. The Balaban J connectivity index is 1.73. The zero-order valence-corrected chi connectivity index (χ0v) is 18.3. The van der Waals surface area contributed by atoms with E-state index in [0.717, 1.165) is 27.8 Å². The molecular formula is C25H26N2O5. The molecule has 0 bridgehead atoms. The minimum Gasteiger partial charge on any atom is -0.496 e. The lowest BCUT2D eigenvalue weighted by atomic mass is 9.87. The predicted octanol–water partition coefficient (Wildman–Crippen LogP) is 4.63. The molecule has 166 valence electrons. The second kappa shape index (κ2) is 9.51. The molecule has 1 atom stereocenters. The molecule has 0 aliphatic heterocycles. The summed E-state index contributed by atoms with van der Waals surface area (Å²) in [6.45, 7) is 0.335. The maximum Gasteiger partial charge on any atom is 0.221 e. The van der Waals surface area contributed by atoms with Gasteiger partial charge in [0.1, 0.15) is 11.5 Å². The molecule has 4 rings (SSSR count). The van der Waals surface area contributed by atoms with Crippen molar-refractivity contribution in [2.45, 2.75) is 18.9 Å². The van der Waals surface area contributed by atoms with E-state index in [1.165, 1.54) is 0 Å². The van der Waals surface area contributed by atoms with Crippen LogP contribution < -0.4 is 19.5 Å². The summed E-state index contributed by atoms with van der Waals surface area (Å²) in [4.78, 5) is 16.2. The summed E-state index contributed by atoms with van der Waals surface area (Å²) in [5, 5.41) is 3.90. The normalized spacial score (nSPS) is 11.8. The zero-order chi connectivity index (χ0) is 22.5. The molecule has 0 fully saturated rings. The fraction of sp³-hybridized carbons (Fsp3) is 0.240. The van der Waals surface area contributed by atoms with Crippen LogP contribution in [0.2, 0.25) is 0 Å².